The standard InChI is InChI=1S/C9H8F3NO/c10-4-3-6-7(9(12)8(4)11)5(13)1-2-14-6/h3,5H,1-2,13H2/t5-/m0/s1. The van der Waals surface area contributed by atoms with Gasteiger partial charge in [0.25, 0.3) is 0 Å². The molecule has 0 amide bonds. The summed E-state index contributed by atoms with van der Waals surface area (Å²) in [4.78, 5) is 0. The van der Waals surface area contributed by atoms with Crippen LogP contribution in [0.3, 0.4) is 0 Å². The van der Waals surface area contributed by atoms with Crippen molar-refractivity contribution in [3.05, 3.63) is 29.1 Å². The Labute approximate surface area is 78.5 Å². The van der Waals surface area contributed by atoms with E-state index >= 15 is 0 Å². The predicted octanol–water partition coefficient (Wildman–Crippen LogP) is 1.89. The predicted molar refractivity (Wildman–Crippen MR) is 43.4 cm³/mol. The maximum absolute atomic E-state index is 13.2. The second-order valence-electron chi connectivity index (χ2n) is 3.14. The van der Waals surface area contributed by atoms with Crippen molar-refractivity contribution in [1.29, 1.82) is 0 Å². The van der Waals surface area contributed by atoms with Gasteiger partial charge in [0.2, 0.25) is 0 Å². The molecular formula is C9H8F3NO. The highest BCUT2D eigenvalue weighted by Crippen LogP contribution is 2.34. The molecule has 0 saturated carbocycles. The van der Waals surface area contributed by atoms with Gasteiger partial charge in [-0.2, -0.15) is 0 Å². The Morgan fingerprint density at radius 1 is 1.29 bits per heavy atom. The molecule has 0 radical (unpaired) electrons. The van der Waals surface area contributed by atoms with E-state index in [-0.39, 0.29) is 11.3 Å². The minimum absolute atomic E-state index is 0.000139. The van der Waals surface area contributed by atoms with Crippen molar-refractivity contribution in [2.45, 2.75) is 12.5 Å². The van der Waals surface area contributed by atoms with Crippen molar-refractivity contribution in [3.8, 4) is 5.75 Å². The van der Waals surface area contributed by atoms with Gasteiger partial charge in [0, 0.05) is 24.1 Å². The van der Waals surface area contributed by atoms with Gasteiger partial charge in [-0.1, -0.05) is 0 Å². The number of hydrogen-bond acceptors (Lipinski definition) is 2. The lowest BCUT2D eigenvalue weighted by atomic mass is 10.0. The number of hydrogen-bond donors (Lipinski definition) is 1. The summed E-state index contributed by atoms with van der Waals surface area (Å²) in [6.07, 6.45) is 0.398. The molecule has 2 rings (SSSR count). The highest BCUT2D eigenvalue weighted by molar-refractivity contribution is 5.39. The summed E-state index contributed by atoms with van der Waals surface area (Å²) in [5.74, 6) is -3.99. The topological polar surface area (TPSA) is 35.2 Å². The van der Waals surface area contributed by atoms with Gasteiger partial charge < -0.3 is 10.5 Å². The van der Waals surface area contributed by atoms with Crippen molar-refractivity contribution in [1.82, 2.24) is 0 Å². The molecule has 1 aliphatic rings. The first-order chi connectivity index (χ1) is 6.61. The van der Waals surface area contributed by atoms with E-state index in [1.165, 1.54) is 0 Å². The average molecular weight is 203 g/mol. The lowest BCUT2D eigenvalue weighted by molar-refractivity contribution is 0.257. The van der Waals surface area contributed by atoms with E-state index in [9.17, 15) is 13.2 Å². The second kappa shape index (κ2) is 3.16. The lowest BCUT2D eigenvalue weighted by Gasteiger charge is -2.23. The molecule has 1 aromatic carbocycles. The van der Waals surface area contributed by atoms with Gasteiger partial charge in [0.1, 0.15) is 5.75 Å². The summed E-state index contributed by atoms with van der Waals surface area (Å²) >= 11 is 0. The quantitative estimate of drug-likeness (QED) is 0.653. The van der Waals surface area contributed by atoms with E-state index in [1.807, 2.05) is 0 Å². The van der Waals surface area contributed by atoms with Crippen LogP contribution in [0.4, 0.5) is 13.2 Å². The zero-order valence-electron chi connectivity index (χ0n) is 7.19. The molecule has 2 N–H and O–H groups in total. The Morgan fingerprint density at radius 3 is 2.71 bits per heavy atom. The maximum atomic E-state index is 13.2. The first-order valence-corrected chi connectivity index (χ1v) is 4.17. The van der Waals surface area contributed by atoms with Crippen LogP contribution in [0.15, 0.2) is 6.07 Å². The van der Waals surface area contributed by atoms with Crippen molar-refractivity contribution in [3.63, 3.8) is 0 Å². The van der Waals surface area contributed by atoms with Crippen LogP contribution in [0.5, 0.6) is 5.75 Å². The largest absolute Gasteiger partial charge is 0.493 e. The molecule has 0 aliphatic carbocycles. The molecular weight excluding hydrogens is 195 g/mol. The molecule has 1 atom stereocenters. The molecule has 0 unspecified atom stereocenters. The van der Waals surface area contributed by atoms with Crippen LogP contribution < -0.4 is 10.5 Å². The zero-order chi connectivity index (χ0) is 10.3. The van der Waals surface area contributed by atoms with E-state index < -0.39 is 23.5 Å². The number of rotatable bonds is 0. The number of benzene rings is 1. The summed E-state index contributed by atoms with van der Waals surface area (Å²) in [5.41, 5.74) is 5.48. The van der Waals surface area contributed by atoms with Gasteiger partial charge in [-0.05, 0) is 0 Å². The fraction of sp³-hybridized carbons (Fsp3) is 0.333. The molecule has 0 aromatic heterocycles. The molecule has 0 spiro atoms. The van der Waals surface area contributed by atoms with Crippen LogP contribution in [0.2, 0.25) is 0 Å². The minimum atomic E-state index is -1.50. The van der Waals surface area contributed by atoms with Crippen LogP contribution >= 0.6 is 0 Å². The molecule has 0 saturated heterocycles. The van der Waals surface area contributed by atoms with E-state index in [2.05, 4.69) is 0 Å². The van der Waals surface area contributed by atoms with Crippen molar-refractivity contribution < 1.29 is 17.9 Å². The average Bonchev–Trinajstić information content (AvgIpc) is 2.14. The summed E-state index contributed by atoms with van der Waals surface area (Å²) < 4.78 is 43.8. The molecule has 2 nitrogen and oxygen atoms in total. The van der Waals surface area contributed by atoms with Crippen LogP contribution in [0, 0.1) is 17.5 Å². The zero-order valence-corrected chi connectivity index (χ0v) is 7.19. The van der Waals surface area contributed by atoms with E-state index in [4.69, 9.17) is 10.5 Å². The first-order valence-electron chi connectivity index (χ1n) is 4.17. The molecule has 1 aliphatic heterocycles. The number of halogens is 3. The summed E-state index contributed by atoms with van der Waals surface area (Å²) in [6, 6.07) is 0.195. The van der Waals surface area contributed by atoms with Crippen molar-refractivity contribution >= 4 is 0 Å². The third kappa shape index (κ3) is 1.24. The Hall–Kier alpha value is -1.23. The maximum Gasteiger partial charge on any atom is 0.195 e. The lowest BCUT2D eigenvalue weighted by Crippen LogP contribution is -2.23. The van der Waals surface area contributed by atoms with Crippen molar-refractivity contribution in [2.75, 3.05) is 6.61 Å². The number of fused-ring (bicyclic) bond motifs is 1. The SMILES string of the molecule is N[C@H]1CCOc2cc(F)c(F)c(F)c21. The van der Waals surface area contributed by atoms with Crippen LogP contribution in [0.1, 0.15) is 18.0 Å². The van der Waals surface area contributed by atoms with Gasteiger partial charge in [-0.15, -0.1) is 0 Å². The molecule has 14 heavy (non-hydrogen) atoms. The van der Waals surface area contributed by atoms with Crippen LogP contribution in [-0.4, -0.2) is 6.61 Å². The molecule has 1 aromatic rings. The highest BCUT2D eigenvalue weighted by atomic mass is 19.2. The van der Waals surface area contributed by atoms with Gasteiger partial charge in [0.15, 0.2) is 17.5 Å². The molecule has 0 fully saturated rings. The Kier molecular flexibility index (Phi) is 2.11. The van der Waals surface area contributed by atoms with Crippen LogP contribution in [0.25, 0.3) is 0 Å². The Morgan fingerprint density at radius 2 is 2.00 bits per heavy atom. The highest BCUT2D eigenvalue weighted by Gasteiger charge is 2.26. The van der Waals surface area contributed by atoms with Gasteiger partial charge in [0.05, 0.1) is 6.61 Å². The molecule has 5 heteroatoms. The molecule has 76 valence electrons. The summed E-state index contributed by atoms with van der Waals surface area (Å²) in [6.45, 7) is 0.290. The third-order valence-corrected chi connectivity index (χ3v) is 2.22. The number of nitrogens with two attached hydrogens (primary N) is 1. The van der Waals surface area contributed by atoms with E-state index in [0.717, 1.165) is 6.07 Å². The van der Waals surface area contributed by atoms with Gasteiger partial charge >= 0.3 is 0 Å². The summed E-state index contributed by atoms with van der Waals surface area (Å²) in [5, 5.41) is 0. The number of ether oxygens (including phenoxy) is 1. The third-order valence-electron chi connectivity index (χ3n) is 2.22. The monoisotopic (exact) mass is 203 g/mol. The minimum Gasteiger partial charge on any atom is -0.493 e. The van der Waals surface area contributed by atoms with Gasteiger partial charge in [-0.25, -0.2) is 13.2 Å². The Bertz CT molecular complexity index is 381. The second-order valence-corrected chi connectivity index (χ2v) is 3.14. The normalized spacial score (nSPS) is 20.1. The molecule has 0 bridgehead atoms. The fourth-order valence-electron chi connectivity index (χ4n) is 1.49. The fourth-order valence-corrected chi connectivity index (χ4v) is 1.49. The van der Waals surface area contributed by atoms with Gasteiger partial charge in [-0.3, -0.25) is 0 Å². The van der Waals surface area contributed by atoms with Crippen molar-refractivity contribution in [2.24, 2.45) is 5.73 Å². The first kappa shape index (κ1) is 9.33. The van der Waals surface area contributed by atoms with E-state index in [0.29, 0.717) is 13.0 Å². The molecule has 1 heterocycles. The van der Waals surface area contributed by atoms with Crippen LogP contribution in [-0.2, 0) is 0 Å². The smallest absolute Gasteiger partial charge is 0.195 e. The Balaban J connectivity index is 2.64. The van der Waals surface area contributed by atoms with E-state index in [1.54, 1.807) is 0 Å². The summed E-state index contributed by atoms with van der Waals surface area (Å²) in [7, 11) is 0.